The van der Waals surface area contributed by atoms with Gasteiger partial charge in [-0.25, -0.2) is 4.79 Å². The zero-order valence-electron chi connectivity index (χ0n) is 24.7. The molecular weight excluding hydrogens is 534 g/mol. The highest BCUT2D eigenvalue weighted by Crippen LogP contribution is 2.20. The first kappa shape index (κ1) is 32.3. The van der Waals surface area contributed by atoms with Crippen LogP contribution < -0.4 is 21.7 Å². The number of nitrogens with two attached hydrogens (primary N) is 1. The van der Waals surface area contributed by atoms with Gasteiger partial charge in [0, 0.05) is 23.5 Å². The summed E-state index contributed by atoms with van der Waals surface area (Å²) in [5.41, 5.74) is 8.83. The van der Waals surface area contributed by atoms with Crippen molar-refractivity contribution in [1.29, 1.82) is 0 Å². The summed E-state index contributed by atoms with van der Waals surface area (Å²) in [4.78, 5) is 55.3. The summed E-state index contributed by atoms with van der Waals surface area (Å²) in [6.07, 6.45) is 3.05. The monoisotopic (exact) mass is 577 g/mol. The Morgan fingerprint density at radius 3 is 2.12 bits per heavy atom. The number of aliphatic carboxylic acids is 1. The average Bonchev–Trinajstić information content (AvgIpc) is 3.37. The molecule has 5 unspecified atom stereocenters. The van der Waals surface area contributed by atoms with E-state index in [1.807, 2.05) is 82.3 Å². The van der Waals surface area contributed by atoms with Crippen LogP contribution in [0.4, 0.5) is 0 Å². The van der Waals surface area contributed by atoms with Crippen molar-refractivity contribution < 1.29 is 24.3 Å². The molecule has 10 nitrogen and oxygen atoms in total. The minimum absolute atomic E-state index is 0.0406. The van der Waals surface area contributed by atoms with Crippen LogP contribution in [0, 0.1) is 11.8 Å². The Hall–Kier alpha value is -4.18. The van der Waals surface area contributed by atoms with Gasteiger partial charge in [0.05, 0.1) is 6.04 Å². The van der Waals surface area contributed by atoms with Crippen LogP contribution in [-0.4, -0.2) is 57.9 Å². The number of benzene rings is 2. The molecule has 226 valence electrons. The van der Waals surface area contributed by atoms with Crippen molar-refractivity contribution in [2.45, 2.75) is 77.5 Å². The lowest BCUT2D eigenvalue weighted by atomic mass is 9.96. The molecule has 0 spiro atoms. The molecule has 3 aromatic rings. The molecular formula is C32H43N5O5. The molecule has 0 saturated carbocycles. The number of aromatic nitrogens is 1. The smallest absolute Gasteiger partial charge is 0.326 e. The van der Waals surface area contributed by atoms with Crippen molar-refractivity contribution in [3.05, 3.63) is 71.9 Å². The normalized spacial score (nSPS) is 14.9. The molecule has 0 bridgehead atoms. The zero-order valence-corrected chi connectivity index (χ0v) is 24.7. The molecule has 42 heavy (non-hydrogen) atoms. The quantitative estimate of drug-likeness (QED) is 0.162. The van der Waals surface area contributed by atoms with Crippen molar-refractivity contribution in [1.82, 2.24) is 20.9 Å². The molecule has 3 amide bonds. The van der Waals surface area contributed by atoms with Gasteiger partial charge in [0.1, 0.15) is 18.1 Å². The molecule has 2 aromatic carbocycles. The van der Waals surface area contributed by atoms with E-state index in [0.717, 1.165) is 22.0 Å². The highest BCUT2D eigenvalue weighted by Gasteiger charge is 2.33. The Morgan fingerprint density at radius 2 is 1.48 bits per heavy atom. The maximum absolute atomic E-state index is 13.8. The maximum Gasteiger partial charge on any atom is 0.326 e. The van der Waals surface area contributed by atoms with Crippen LogP contribution in [0.1, 0.15) is 51.7 Å². The van der Waals surface area contributed by atoms with Crippen LogP contribution in [0.2, 0.25) is 0 Å². The number of amides is 3. The molecule has 3 rings (SSSR count). The lowest BCUT2D eigenvalue weighted by molar-refractivity contribution is -0.143. The van der Waals surface area contributed by atoms with Crippen molar-refractivity contribution in [2.24, 2.45) is 17.6 Å². The van der Waals surface area contributed by atoms with E-state index >= 15 is 0 Å². The second kappa shape index (κ2) is 15.2. The Kier molecular flexibility index (Phi) is 11.7. The molecule has 1 aromatic heterocycles. The number of nitrogens with one attached hydrogen (secondary N) is 4. The minimum Gasteiger partial charge on any atom is -0.480 e. The van der Waals surface area contributed by atoms with Crippen LogP contribution in [0.15, 0.2) is 60.8 Å². The van der Waals surface area contributed by atoms with E-state index in [0.29, 0.717) is 12.8 Å². The number of carbonyl (C=O) groups excluding carboxylic acids is 3. The summed E-state index contributed by atoms with van der Waals surface area (Å²) < 4.78 is 0. The van der Waals surface area contributed by atoms with Crippen LogP contribution >= 0.6 is 0 Å². The number of H-pyrrole nitrogens is 1. The van der Waals surface area contributed by atoms with Gasteiger partial charge in [-0.2, -0.15) is 0 Å². The number of fused-ring (bicyclic) bond motifs is 1. The molecule has 0 aliphatic heterocycles. The van der Waals surface area contributed by atoms with Crippen molar-refractivity contribution in [3.8, 4) is 0 Å². The topological polar surface area (TPSA) is 166 Å². The first-order valence-electron chi connectivity index (χ1n) is 14.5. The Balaban J connectivity index is 1.84. The summed E-state index contributed by atoms with van der Waals surface area (Å²) in [5, 5.41) is 18.8. The van der Waals surface area contributed by atoms with Gasteiger partial charge in [0.15, 0.2) is 0 Å². The molecule has 10 heteroatoms. The maximum atomic E-state index is 13.8. The number of carboxylic acids is 1. The number of hydrogen-bond donors (Lipinski definition) is 6. The average molecular weight is 578 g/mol. The van der Waals surface area contributed by atoms with Crippen LogP contribution in [0.25, 0.3) is 10.9 Å². The van der Waals surface area contributed by atoms with Gasteiger partial charge in [0.2, 0.25) is 17.7 Å². The molecule has 5 atom stereocenters. The summed E-state index contributed by atoms with van der Waals surface area (Å²) in [7, 11) is 0. The van der Waals surface area contributed by atoms with Crippen molar-refractivity contribution >= 4 is 34.6 Å². The van der Waals surface area contributed by atoms with Crippen molar-refractivity contribution in [3.63, 3.8) is 0 Å². The minimum atomic E-state index is -1.14. The number of aromatic amines is 1. The third kappa shape index (κ3) is 8.91. The van der Waals surface area contributed by atoms with Gasteiger partial charge < -0.3 is 31.8 Å². The fourth-order valence-corrected chi connectivity index (χ4v) is 4.88. The van der Waals surface area contributed by atoms with E-state index in [-0.39, 0.29) is 24.7 Å². The van der Waals surface area contributed by atoms with Gasteiger partial charge in [-0.15, -0.1) is 0 Å². The highest BCUT2D eigenvalue weighted by molar-refractivity contribution is 5.95. The van der Waals surface area contributed by atoms with Gasteiger partial charge in [-0.3, -0.25) is 14.4 Å². The van der Waals surface area contributed by atoms with Crippen LogP contribution in [0.3, 0.4) is 0 Å². The first-order valence-corrected chi connectivity index (χ1v) is 14.5. The molecule has 0 fully saturated rings. The number of rotatable bonds is 15. The largest absolute Gasteiger partial charge is 0.480 e. The molecule has 0 aliphatic carbocycles. The number of carboxylic acid groups (broad SMARTS) is 1. The summed E-state index contributed by atoms with van der Waals surface area (Å²) in [5.74, 6) is -3.03. The third-order valence-corrected chi connectivity index (χ3v) is 7.48. The Bertz CT molecular complexity index is 1360. The van der Waals surface area contributed by atoms with Crippen molar-refractivity contribution in [2.75, 3.05) is 0 Å². The fraction of sp³-hybridized carbons (Fsp3) is 0.438. The molecule has 0 saturated heterocycles. The zero-order chi connectivity index (χ0) is 30.8. The first-order chi connectivity index (χ1) is 20.0. The van der Waals surface area contributed by atoms with E-state index in [4.69, 9.17) is 5.73 Å². The lowest BCUT2D eigenvalue weighted by Crippen LogP contribution is -2.59. The predicted molar refractivity (Wildman–Crippen MR) is 162 cm³/mol. The van der Waals surface area contributed by atoms with E-state index in [1.54, 1.807) is 6.20 Å². The second-order valence-electron chi connectivity index (χ2n) is 11.3. The standard InChI is InChI=1S/C32H43N5O5/c1-5-20(4)28(31(40)36-27(32(41)42)15-19(2)3)37-30(39)26(17-22-18-34-25-14-10-9-13-23(22)25)35-29(38)24(33)16-21-11-7-6-8-12-21/h6-14,18-20,24,26-28,34H,5,15-17,33H2,1-4H3,(H,35,38)(H,36,40)(H,37,39)(H,41,42). The lowest BCUT2D eigenvalue weighted by Gasteiger charge is -2.28. The van der Waals surface area contributed by atoms with Crippen LogP contribution in [0.5, 0.6) is 0 Å². The highest BCUT2D eigenvalue weighted by atomic mass is 16.4. The van der Waals surface area contributed by atoms with E-state index in [2.05, 4.69) is 20.9 Å². The number of carbonyl (C=O) groups is 4. The molecule has 7 N–H and O–H groups in total. The Morgan fingerprint density at radius 1 is 0.833 bits per heavy atom. The van der Waals surface area contributed by atoms with E-state index in [9.17, 15) is 24.3 Å². The van der Waals surface area contributed by atoms with Gasteiger partial charge in [-0.1, -0.05) is 82.6 Å². The Labute approximate surface area is 246 Å². The summed E-state index contributed by atoms with van der Waals surface area (Å²) in [6, 6.07) is 13.0. The second-order valence-corrected chi connectivity index (χ2v) is 11.3. The SMILES string of the molecule is CCC(C)C(NC(=O)C(Cc1c[nH]c2ccccc12)NC(=O)C(N)Cc1ccccc1)C(=O)NC(CC(C)C)C(=O)O. The number of hydrogen-bond acceptors (Lipinski definition) is 5. The summed E-state index contributed by atoms with van der Waals surface area (Å²) in [6.45, 7) is 7.44. The van der Waals surface area contributed by atoms with Crippen LogP contribution in [-0.2, 0) is 32.0 Å². The van der Waals surface area contributed by atoms with E-state index in [1.165, 1.54) is 0 Å². The predicted octanol–water partition coefficient (Wildman–Crippen LogP) is 2.91. The van der Waals surface area contributed by atoms with Gasteiger partial charge >= 0.3 is 5.97 Å². The third-order valence-electron chi connectivity index (χ3n) is 7.48. The number of para-hydroxylation sites is 1. The fourth-order valence-electron chi connectivity index (χ4n) is 4.88. The van der Waals surface area contributed by atoms with Gasteiger partial charge in [-0.05, 0) is 41.9 Å². The molecule has 1 heterocycles. The summed E-state index contributed by atoms with van der Waals surface area (Å²) >= 11 is 0. The molecule has 0 aliphatic rings. The van der Waals surface area contributed by atoms with E-state index < -0.39 is 47.9 Å². The molecule has 0 radical (unpaired) electrons. The van der Waals surface area contributed by atoms with Gasteiger partial charge in [0.25, 0.3) is 0 Å².